The molecule has 0 spiro atoms. The summed E-state index contributed by atoms with van der Waals surface area (Å²) in [5.41, 5.74) is 2.25. The van der Waals surface area contributed by atoms with E-state index in [-0.39, 0.29) is 11.8 Å². The van der Waals surface area contributed by atoms with Crippen molar-refractivity contribution >= 4 is 27.5 Å². The van der Waals surface area contributed by atoms with Gasteiger partial charge in [-0.2, -0.15) is 4.99 Å². The summed E-state index contributed by atoms with van der Waals surface area (Å²) in [6, 6.07) is 6.21. The average Bonchev–Trinajstić information content (AvgIpc) is 2.64. The average molecular weight is 284 g/mol. The number of amides is 1. The summed E-state index contributed by atoms with van der Waals surface area (Å²) in [5, 5.41) is 0. The third-order valence-corrected chi connectivity index (χ3v) is 4.79. The zero-order valence-corrected chi connectivity index (χ0v) is 12.2. The van der Waals surface area contributed by atoms with E-state index in [1.807, 2.05) is 10.6 Å². The number of thiazole rings is 1. The van der Waals surface area contributed by atoms with Gasteiger partial charge in [0.1, 0.15) is 0 Å². The Morgan fingerprint density at radius 2 is 2.35 bits per heavy atom. The fourth-order valence-electron chi connectivity index (χ4n) is 2.35. The van der Waals surface area contributed by atoms with Gasteiger partial charge in [0, 0.05) is 5.92 Å². The number of carbonyl (C=O) groups excluding carboxylic acids is 1. The monoisotopic (exact) mass is 284 g/mol. The molecule has 1 heterocycles. The number of nitrogens with zero attached hydrogens (tertiary/aromatic N) is 2. The van der Waals surface area contributed by atoms with Crippen molar-refractivity contribution in [2.24, 2.45) is 10.9 Å². The van der Waals surface area contributed by atoms with Crippen LogP contribution in [0.4, 0.5) is 0 Å². The number of hydrogen-bond acceptors (Lipinski definition) is 2. The maximum atomic E-state index is 12.1. The summed E-state index contributed by atoms with van der Waals surface area (Å²) in [7, 11) is 0. The van der Waals surface area contributed by atoms with Gasteiger partial charge in [0.2, 0.25) is 0 Å². The van der Waals surface area contributed by atoms with Crippen molar-refractivity contribution in [2.45, 2.75) is 32.7 Å². The van der Waals surface area contributed by atoms with Gasteiger partial charge in [0.25, 0.3) is 5.91 Å². The van der Waals surface area contributed by atoms with Crippen LogP contribution in [0.2, 0.25) is 0 Å². The number of rotatable bonds is 2. The fourth-order valence-corrected chi connectivity index (χ4v) is 3.48. The minimum absolute atomic E-state index is 0.00491. The van der Waals surface area contributed by atoms with Crippen LogP contribution in [-0.2, 0) is 11.3 Å². The number of fused-ring (bicyclic) bond motifs is 1. The Kier molecular flexibility index (Phi) is 3.45. The maximum Gasteiger partial charge on any atom is 0.251 e. The van der Waals surface area contributed by atoms with E-state index < -0.39 is 0 Å². The lowest BCUT2D eigenvalue weighted by molar-refractivity contribution is -0.124. The number of aryl methyl sites for hydroxylation is 1. The Bertz CT molecular complexity index is 772. The van der Waals surface area contributed by atoms with Gasteiger partial charge in [-0.1, -0.05) is 29.7 Å². The first-order chi connectivity index (χ1) is 9.69. The smallest absolute Gasteiger partial charge is 0.251 e. The van der Waals surface area contributed by atoms with Crippen molar-refractivity contribution in [3.63, 3.8) is 0 Å². The molecule has 20 heavy (non-hydrogen) atoms. The van der Waals surface area contributed by atoms with Crippen LogP contribution < -0.4 is 4.80 Å². The van der Waals surface area contributed by atoms with E-state index in [1.54, 1.807) is 0 Å². The quantitative estimate of drug-likeness (QED) is 0.781. The highest BCUT2D eigenvalue weighted by molar-refractivity contribution is 7.16. The Hall–Kier alpha value is -1.86. The molecule has 0 unspecified atom stereocenters. The molecule has 3 nitrogen and oxygen atoms in total. The molecule has 0 N–H and O–H groups in total. The molecule has 3 rings (SSSR count). The van der Waals surface area contributed by atoms with Crippen molar-refractivity contribution in [2.75, 3.05) is 0 Å². The molecule has 1 saturated carbocycles. The molecule has 1 fully saturated rings. The first-order valence-corrected chi connectivity index (χ1v) is 7.62. The first kappa shape index (κ1) is 13.1. The van der Waals surface area contributed by atoms with Crippen molar-refractivity contribution in [3.05, 3.63) is 28.6 Å². The van der Waals surface area contributed by atoms with Gasteiger partial charge >= 0.3 is 0 Å². The summed E-state index contributed by atoms with van der Waals surface area (Å²) in [6.07, 6.45) is 8.53. The zero-order chi connectivity index (χ0) is 14.1. The molecular weight excluding hydrogens is 268 g/mol. The lowest BCUT2D eigenvalue weighted by atomic mass is 9.85. The van der Waals surface area contributed by atoms with Crippen molar-refractivity contribution in [1.82, 2.24) is 4.57 Å². The molecule has 1 aromatic carbocycles. The molecule has 0 saturated heterocycles. The number of benzene rings is 1. The Labute approximate surface area is 122 Å². The van der Waals surface area contributed by atoms with Gasteiger partial charge in [0.05, 0.1) is 16.8 Å². The number of carbonyl (C=O) groups is 1. The van der Waals surface area contributed by atoms with Crippen LogP contribution in [0.3, 0.4) is 0 Å². The summed E-state index contributed by atoms with van der Waals surface area (Å²) >= 11 is 1.54. The second kappa shape index (κ2) is 5.26. The van der Waals surface area contributed by atoms with Crippen LogP contribution in [0.25, 0.3) is 10.2 Å². The lowest BCUT2D eigenvalue weighted by Crippen LogP contribution is -2.24. The molecule has 1 aliphatic carbocycles. The minimum atomic E-state index is 0.00491. The minimum Gasteiger partial charge on any atom is -0.305 e. The molecule has 0 bridgehead atoms. The molecule has 102 valence electrons. The number of terminal acetylenes is 1. The van der Waals surface area contributed by atoms with Gasteiger partial charge in [-0.15, -0.1) is 6.42 Å². The predicted molar refractivity (Wildman–Crippen MR) is 81.3 cm³/mol. The fraction of sp³-hybridized carbons (Fsp3) is 0.375. The van der Waals surface area contributed by atoms with Gasteiger partial charge in [0.15, 0.2) is 4.80 Å². The Balaban J connectivity index is 2.13. The second-order valence-electron chi connectivity index (χ2n) is 5.22. The van der Waals surface area contributed by atoms with E-state index in [1.165, 1.54) is 16.9 Å². The molecule has 0 radical (unpaired) electrons. The van der Waals surface area contributed by atoms with Gasteiger partial charge in [-0.25, -0.2) is 0 Å². The molecule has 1 aliphatic rings. The van der Waals surface area contributed by atoms with E-state index >= 15 is 0 Å². The van der Waals surface area contributed by atoms with Crippen LogP contribution in [-0.4, -0.2) is 10.5 Å². The molecule has 4 heteroatoms. The van der Waals surface area contributed by atoms with Crippen LogP contribution in [0.1, 0.15) is 24.8 Å². The largest absolute Gasteiger partial charge is 0.305 e. The molecule has 2 aromatic rings. The topological polar surface area (TPSA) is 34.4 Å². The highest BCUT2D eigenvalue weighted by Crippen LogP contribution is 2.27. The standard InChI is InChI=1S/C16H16N2OS/c1-3-9-18-13-8-7-11(2)10-14(13)20-16(18)17-15(19)12-5-4-6-12/h1,7-8,10,12H,4-6,9H2,2H3. The molecular formula is C16H16N2OS. The Morgan fingerprint density at radius 1 is 1.55 bits per heavy atom. The van der Waals surface area contributed by atoms with E-state index in [2.05, 4.69) is 30.0 Å². The molecule has 0 aliphatic heterocycles. The first-order valence-electron chi connectivity index (χ1n) is 6.81. The van der Waals surface area contributed by atoms with E-state index in [0.29, 0.717) is 6.54 Å². The summed E-state index contributed by atoms with van der Waals surface area (Å²) in [6.45, 7) is 2.50. The highest BCUT2D eigenvalue weighted by atomic mass is 32.1. The van der Waals surface area contributed by atoms with Crippen LogP contribution in [0.5, 0.6) is 0 Å². The molecule has 1 amide bonds. The van der Waals surface area contributed by atoms with Gasteiger partial charge in [-0.3, -0.25) is 4.79 Å². The van der Waals surface area contributed by atoms with Crippen LogP contribution in [0.15, 0.2) is 23.2 Å². The highest BCUT2D eigenvalue weighted by Gasteiger charge is 2.25. The third-order valence-electron chi connectivity index (χ3n) is 3.75. The van der Waals surface area contributed by atoms with E-state index in [9.17, 15) is 4.79 Å². The molecule has 1 aromatic heterocycles. The number of hydrogen-bond donors (Lipinski definition) is 0. The SMILES string of the molecule is C#CCn1c(=NC(=O)C2CCC2)sc2cc(C)ccc21. The van der Waals surface area contributed by atoms with Crippen molar-refractivity contribution < 1.29 is 4.79 Å². The van der Waals surface area contributed by atoms with Gasteiger partial charge < -0.3 is 4.57 Å². The van der Waals surface area contributed by atoms with Crippen molar-refractivity contribution in [1.29, 1.82) is 0 Å². The normalized spacial score (nSPS) is 16.1. The van der Waals surface area contributed by atoms with Crippen molar-refractivity contribution in [3.8, 4) is 12.3 Å². The maximum absolute atomic E-state index is 12.1. The predicted octanol–water partition coefficient (Wildman–Crippen LogP) is 2.87. The van der Waals surface area contributed by atoms with E-state index in [0.717, 1.165) is 34.3 Å². The van der Waals surface area contributed by atoms with Crippen LogP contribution >= 0.6 is 11.3 Å². The zero-order valence-electron chi connectivity index (χ0n) is 11.4. The summed E-state index contributed by atoms with van der Waals surface area (Å²) < 4.78 is 3.08. The second-order valence-corrected chi connectivity index (χ2v) is 6.23. The van der Waals surface area contributed by atoms with Gasteiger partial charge in [-0.05, 0) is 37.5 Å². The summed E-state index contributed by atoms with van der Waals surface area (Å²) in [4.78, 5) is 17.1. The third kappa shape index (κ3) is 2.30. The number of aromatic nitrogens is 1. The van der Waals surface area contributed by atoms with Crippen LogP contribution in [0, 0.1) is 25.2 Å². The van der Waals surface area contributed by atoms with E-state index in [4.69, 9.17) is 6.42 Å². The summed E-state index contributed by atoms with van der Waals surface area (Å²) in [5.74, 6) is 2.78. The molecule has 0 atom stereocenters. The Morgan fingerprint density at radius 3 is 3.00 bits per heavy atom. The lowest BCUT2D eigenvalue weighted by Gasteiger charge is -2.20.